The molecule has 1 aromatic heterocycles. The van der Waals surface area contributed by atoms with E-state index < -0.39 is 23.6 Å². The number of hydrogen-bond donors (Lipinski definition) is 2. The van der Waals surface area contributed by atoms with Crippen LogP contribution < -0.4 is 10.6 Å². The van der Waals surface area contributed by atoms with E-state index in [9.17, 15) is 22.8 Å². The fraction of sp³-hybridized carbons (Fsp3) is 0.500. The minimum Gasteiger partial charge on any atom is -0.368 e. The number of carbonyl (C=O) groups is 2. The van der Waals surface area contributed by atoms with Gasteiger partial charge in [0.15, 0.2) is 0 Å². The zero-order valence-electron chi connectivity index (χ0n) is 20.0. The van der Waals surface area contributed by atoms with Crippen LogP contribution in [-0.4, -0.2) is 59.5 Å². The van der Waals surface area contributed by atoms with Gasteiger partial charge >= 0.3 is 6.18 Å². The normalized spacial score (nSPS) is 21.3. The molecular weight excluding hydrogens is 473 g/mol. The predicted octanol–water partition coefficient (Wildman–Crippen LogP) is 3.55. The number of likely N-dealkylation sites (tertiary alicyclic amines) is 1. The van der Waals surface area contributed by atoms with Crippen molar-refractivity contribution in [2.75, 3.05) is 19.6 Å². The van der Waals surface area contributed by atoms with Crippen molar-refractivity contribution < 1.29 is 27.5 Å². The summed E-state index contributed by atoms with van der Waals surface area (Å²) in [6, 6.07) is 9.91. The van der Waals surface area contributed by atoms with Gasteiger partial charge < -0.3 is 15.4 Å². The lowest BCUT2D eigenvalue weighted by atomic mass is 9.94. The lowest BCUT2D eigenvalue weighted by molar-refractivity contribution is -0.137. The van der Waals surface area contributed by atoms with Gasteiger partial charge in [-0.3, -0.25) is 19.5 Å². The van der Waals surface area contributed by atoms with Gasteiger partial charge in [0.1, 0.15) is 0 Å². The van der Waals surface area contributed by atoms with E-state index in [2.05, 4.69) is 20.5 Å². The standard InChI is InChI=1S/C26H31F3N4O3/c27-26(28,29)19-8-6-7-18(13-19)25(35)31-14-24(34)32-22-15-33(21-10-2-1-3-11-21)16-23(22)36-17-20-9-4-5-12-30-20/h4-9,12-13,21-23H,1-3,10-11,14-17H2,(H,31,35)(H,32,34). The second-order valence-electron chi connectivity index (χ2n) is 9.35. The smallest absolute Gasteiger partial charge is 0.368 e. The molecule has 1 aromatic carbocycles. The summed E-state index contributed by atoms with van der Waals surface area (Å²) >= 11 is 0. The Hall–Kier alpha value is -2.98. The summed E-state index contributed by atoms with van der Waals surface area (Å²) < 4.78 is 44.9. The van der Waals surface area contributed by atoms with Crippen molar-refractivity contribution in [1.29, 1.82) is 0 Å². The number of aromatic nitrogens is 1. The summed E-state index contributed by atoms with van der Waals surface area (Å²) in [5.74, 6) is -1.16. The third kappa shape index (κ3) is 7.04. The summed E-state index contributed by atoms with van der Waals surface area (Å²) in [7, 11) is 0. The molecule has 2 fully saturated rings. The minimum atomic E-state index is -4.55. The third-order valence-corrected chi connectivity index (χ3v) is 6.76. The fourth-order valence-corrected chi connectivity index (χ4v) is 4.89. The molecule has 2 amide bonds. The van der Waals surface area contributed by atoms with E-state index in [0.717, 1.165) is 30.7 Å². The number of hydrogen-bond acceptors (Lipinski definition) is 5. The van der Waals surface area contributed by atoms with E-state index in [1.54, 1.807) is 6.20 Å². The van der Waals surface area contributed by atoms with Crippen LogP contribution in [0.1, 0.15) is 53.7 Å². The van der Waals surface area contributed by atoms with E-state index in [4.69, 9.17) is 4.74 Å². The molecule has 194 valence electrons. The zero-order valence-corrected chi connectivity index (χ0v) is 20.0. The molecule has 7 nitrogen and oxygen atoms in total. The first-order valence-electron chi connectivity index (χ1n) is 12.3. The molecule has 0 radical (unpaired) electrons. The van der Waals surface area contributed by atoms with Gasteiger partial charge in [0.2, 0.25) is 5.91 Å². The van der Waals surface area contributed by atoms with Gasteiger partial charge in [-0.2, -0.15) is 13.2 Å². The zero-order chi connectivity index (χ0) is 25.5. The third-order valence-electron chi connectivity index (χ3n) is 6.76. The first-order valence-corrected chi connectivity index (χ1v) is 12.3. The lowest BCUT2D eigenvalue weighted by Gasteiger charge is -2.30. The van der Waals surface area contributed by atoms with Crippen molar-refractivity contribution in [1.82, 2.24) is 20.5 Å². The van der Waals surface area contributed by atoms with E-state index in [1.807, 2.05) is 18.2 Å². The van der Waals surface area contributed by atoms with Gasteiger partial charge in [-0.05, 0) is 43.2 Å². The van der Waals surface area contributed by atoms with Gasteiger partial charge in [0.05, 0.1) is 36.6 Å². The molecule has 2 atom stereocenters. The number of ether oxygens (including phenoxy) is 1. The highest BCUT2D eigenvalue weighted by molar-refractivity contribution is 5.96. The van der Waals surface area contributed by atoms with Crippen LogP contribution in [0.5, 0.6) is 0 Å². The van der Waals surface area contributed by atoms with Crippen LogP contribution in [0.4, 0.5) is 13.2 Å². The Morgan fingerprint density at radius 2 is 1.86 bits per heavy atom. The Labute approximate surface area is 208 Å². The molecule has 2 aromatic rings. The molecule has 2 unspecified atom stereocenters. The SMILES string of the molecule is O=C(CNC(=O)c1cccc(C(F)(F)F)c1)NC1CN(C2CCCCC2)CC1OCc1ccccn1. The maximum atomic E-state index is 12.9. The van der Waals surface area contributed by atoms with Gasteiger partial charge in [0, 0.05) is 30.9 Å². The Kier molecular flexibility index (Phi) is 8.58. The first kappa shape index (κ1) is 26.1. The van der Waals surface area contributed by atoms with Crippen LogP contribution in [0, 0.1) is 0 Å². The van der Waals surface area contributed by atoms with Gasteiger partial charge in [-0.15, -0.1) is 0 Å². The van der Waals surface area contributed by atoms with Crippen LogP contribution in [0.25, 0.3) is 0 Å². The van der Waals surface area contributed by atoms with Crippen LogP contribution in [0.15, 0.2) is 48.7 Å². The summed E-state index contributed by atoms with van der Waals surface area (Å²) in [5, 5.41) is 5.37. The Balaban J connectivity index is 1.34. The predicted molar refractivity (Wildman–Crippen MR) is 127 cm³/mol. The quantitative estimate of drug-likeness (QED) is 0.575. The molecule has 0 bridgehead atoms. The summed E-state index contributed by atoms with van der Waals surface area (Å²) in [5.41, 5.74) is -0.271. The van der Waals surface area contributed by atoms with Crippen LogP contribution in [0.3, 0.4) is 0 Å². The van der Waals surface area contributed by atoms with Crippen LogP contribution in [-0.2, 0) is 22.3 Å². The largest absolute Gasteiger partial charge is 0.416 e. The molecular formula is C26H31F3N4O3. The van der Waals surface area contributed by atoms with Crippen LogP contribution >= 0.6 is 0 Å². The molecule has 1 saturated heterocycles. The first-order chi connectivity index (χ1) is 17.3. The summed E-state index contributed by atoms with van der Waals surface area (Å²) in [6.45, 7) is 1.31. The number of benzene rings is 1. The molecule has 1 aliphatic carbocycles. The van der Waals surface area contributed by atoms with E-state index in [1.165, 1.54) is 31.4 Å². The molecule has 0 spiro atoms. The highest BCUT2D eigenvalue weighted by Crippen LogP contribution is 2.30. The second-order valence-corrected chi connectivity index (χ2v) is 9.35. The summed E-state index contributed by atoms with van der Waals surface area (Å²) in [6.07, 6.45) is 2.80. The lowest BCUT2D eigenvalue weighted by Crippen LogP contribution is -2.47. The van der Waals surface area contributed by atoms with E-state index >= 15 is 0 Å². The minimum absolute atomic E-state index is 0.154. The molecule has 2 heterocycles. The van der Waals surface area contributed by atoms with Crippen molar-refractivity contribution in [3.63, 3.8) is 0 Å². The number of nitrogens with one attached hydrogen (secondary N) is 2. The van der Waals surface area contributed by atoms with Crippen LogP contribution in [0.2, 0.25) is 0 Å². The number of rotatable bonds is 8. The fourth-order valence-electron chi connectivity index (χ4n) is 4.89. The number of amides is 2. The molecule has 2 N–H and O–H groups in total. The van der Waals surface area contributed by atoms with Gasteiger partial charge in [0.25, 0.3) is 5.91 Å². The topological polar surface area (TPSA) is 83.6 Å². The van der Waals surface area contributed by atoms with Crippen molar-refractivity contribution in [2.45, 2.75) is 63.1 Å². The van der Waals surface area contributed by atoms with Crippen molar-refractivity contribution in [3.8, 4) is 0 Å². The van der Waals surface area contributed by atoms with Gasteiger partial charge in [-0.1, -0.05) is 31.4 Å². The molecule has 4 rings (SSSR count). The molecule has 1 saturated carbocycles. The summed E-state index contributed by atoms with van der Waals surface area (Å²) in [4.78, 5) is 31.7. The Morgan fingerprint density at radius 3 is 2.58 bits per heavy atom. The Bertz CT molecular complexity index is 1030. The number of halogens is 3. The van der Waals surface area contributed by atoms with E-state index in [-0.39, 0.29) is 24.3 Å². The van der Waals surface area contributed by atoms with Crippen molar-refractivity contribution in [2.24, 2.45) is 0 Å². The number of pyridine rings is 1. The monoisotopic (exact) mass is 504 g/mol. The molecule has 10 heteroatoms. The maximum Gasteiger partial charge on any atom is 0.416 e. The number of nitrogens with zero attached hydrogens (tertiary/aromatic N) is 2. The number of alkyl halides is 3. The molecule has 1 aliphatic heterocycles. The molecule has 36 heavy (non-hydrogen) atoms. The second kappa shape index (κ2) is 11.8. The average Bonchev–Trinajstić information content (AvgIpc) is 3.29. The highest BCUT2D eigenvalue weighted by Gasteiger charge is 2.38. The Morgan fingerprint density at radius 1 is 1.06 bits per heavy atom. The average molecular weight is 505 g/mol. The van der Waals surface area contributed by atoms with Gasteiger partial charge in [-0.25, -0.2) is 0 Å². The maximum absolute atomic E-state index is 12.9. The van der Waals surface area contributed by atoms with E-state index in [0.29, 0.717) is 25.7 Å². The highest BCUT2D eigenvalue weighted by atomic mass is 19.4. The van der Waals surface area contributed by atoms with Crippen molar-refractivity contribution in [3.05, 3.63) is 65.5 Å². The van der Waals surface area contributed by atoms with Crippen molar-refractivity contribution >= 4 is 11.8 Å². The number of carbonyl (C=O) groups excluding carboxylic acids is 2. The molecule has 2 aliphatic rings.